The monoisotopic (exact) mass is 388 g/mol. The highest BCUT2D eigenvalue weighted by Crippen LogP contribution is 2.67. The predicted octanol–water partition coefficient (Wildman–Crippen LogP) is 4.54. The molecule has 0 radical (unpaired) electrons. The minimum Gasteiger partial charge on any atom is -0.347 e. The molecule has 0 aromatic rings. The number of carbonyl (C=O) groups excluding carboxylic acids is 2. The third kappa shape index (κ3) is 2.49. The Morgan fingerprint density at radius 3 is 2.50 bits per heavy atom. The van der Waals surface area contributed by atoms with Crippen molar-refractivity contribution in [1.29, 1.82) is 0 Å². The van der Waals surface area contributed by atoms with E-state index in [9.17, 15) is 9.59 Å². The molecule has 0 bridgehead atoms. The lowest BCUT2D eigenvalue weighted by atomic mass is 9.44. The van der Waals surface area contributed by atoms with E-state index in [0.717, 1.165) is 25.7 Å². The normalized spacial score (nSPS) is 55.1. The topological polar surface area (TPSA) is 52.6 Å². The zero-order chi connectivity index (χ0) is 20.1. The van der Waals surface area contributed by atoms with Gasteiger partial charge >= 0.3 is 0 Å². The number of rotatable bonds is 0. The molecule has 0 amide bonds. The van der Waals surface area contributed by atoms with Crippen molar-refractivity contribution in [1.82, 2.24) is 0 Å². The smallest absolute Gasteiger partial charge is 0.163 e. The van der Waals surface area contributed by atoms with Crippen molar-refractivity contribution in [3.63, 3.8) is 0 Å². The maximum absolute atomic E-state index is 13.7. The van der Waals surface area contributed by atoms with Gasteiger partial charge in [-0.25, -0.2) is 0 Å². The van der Waals surface area contributed by atoms with Gasteiger partial charge in [-0.1, -0.05) is 13.8 Å². The van der Waals surface area contributed by atoms with Crippen molar-refractivity contribution in [2.24, 2.45) is 40.4 Å². The Kier molecular flexibility index (Phi) is 4.06. The van der Waals surface area contributed by atoms with Crippen LogP contribution in [0.1, 0.15) is 79.6 Å². The van der Waals surface area contributed by atoms with Gasteiger partial charge in [0.1, 0.15) is 11.6 Å². The van der Waals surface area contributed by atoms with E-state index in [1.165, 1.54) is 0 Å². The first-order valence-corrected chi connectivity index (χ1v) is 11.5. The Labute approximate surface area is 169 Å². The van der Waals surface area contributed by atoms with Crippen LogP contribution in [0.2, 0.25) is 0 Å². The average Bonchev–Trinajstić information content (AvgIpc) is 2.85. The summed E-state index contributed by atoms with van der Waals surface area (Å²) in [4.78, 5) is 25.7. The van der Waals surface area contributed by atoms with E-state index in [-0.39, 0.29) is 29.0 Å². The van der Waals surface area contributed by atoms with Crippen molar-refractivity contribution in [3.05, 3.63) is 0 Å². The van der Waals surface area contributed by atoms with Gasteiger partial charge < -0.3 is 9.47 Å². The summed E-state index contributed by atoms with van der Waals surface area (Å²) < 4.78 is 12.6. The van der Waals surface area contributed by atoms with E-state index in [1.807, 2.05) is 13.8 Å². The van der Waals surface area contributed by atoms with Gasteiger partial charge in [0.15, 0.2) is 5.79 Å². The SMILES string of the molecule is C[C@@H]1OC(C)(C)O[C@H]2C[C@H]3[C@@H]4CC[C@H]5CC(=O)CC[C@]5(C)[C@H]4C(=O)C[C@]3(C)[C@@H]12. The molecule has 1 saturated heterocycles. The number of carbonyl (C=O) groups is 2. The number of hydrogen-bond acceptors (Lipinski definition) is 4. The minimum atomic E-state index is -0.540. The summed E-state index contributed by atoms with van der Waals surface area (Å²) in [7, 11) is 0. The van der Waals surface area contributed by atoms with Crippen molar-refractivity contribution < 1.29 is 19.1 Å². The highest BCUT2D eigenvalue weighted by molar-refractivity contribution is 5.85. The Bertz CT molecular complexity index is 713. The highest BCUT2D eigenvalue weighted by atomic mass is 16.7. The van der Waals surface area contributed by atoms with Crippen LogP contribution >= 0.6 is 0 Å². The maximum Gasteiger partial charge on any atom is 0.163 e. The lowest BCUT2D eigenvalue weighted by Crippen LogP contribution is -2.59. The molecule has 9 atom stereocenters. The lowest BCUT2D eigenvalue weighted by molar-refractivity contribution is -0.320. The molecule has 0 unspecified atom stereocenters. The third-order valence-corrected chi connectivity index (χ3v) is 9.66. The molecular formula is C24H36O4. The first-order chi connectivity index (χ1) is 13.1. The molecule has 0 spiro atoms. The van der Waals surface area contributed by atoms with Gasteiger partial charge in [-0.05, 0) is 75.0 Å². The Morgan fingerprint density at radius 1 is 1.00 bits per heavy atom. The zero-order valence-corrected chi connectivity index (χ0v) is 18.1. The molecule has 4 nitrogen and oxygen atoms in total. The van der Waals surface area contributed by atoms with Crippen LogP contribution in [0.3, 0.4) is 0 Å². The van der Waals surface area contributed by atoms with Gasteiger partial charge in [-0.15, -0.1) is 0 Å². The van der Waals surface area contributed by atoms with E-state index in [2.05, 4.69) is 20.8 Å². The van der Waals surface area contributed by atoms with Crippen LogP contribution in [0.25, 0.3) is 0 Å². The van der Waals surface area contributed by atoms with Gasteiger partial charge in [0.25, 0.3) is 0 Å². The fourth-order valence-corrected chi connectivity index (χ4v) is 8.76. The molecule has 4 heteroatoms. The molecule has 4 aliphatic carbocycles. The average molecular weight is 389 g/mol. The molecule has 5 aliphatic rings. The van der Waals surface area contributed by atoms with Gasteiger partial charge in [-0.2, -0.15) is 0 Å². The predicted molar refractivity (Wildman–Crippen MR) is 105 cm³/mol. The second-order valence-electron chi connectivity index (χ2n) is 11.6. The first kappa shape index (κ1) is 19.2. The van der Waals surface area contributed by atoms with Gasteiger partial charge in [0.05, 0.1) is 12.2 Å². The number of fused-ring (bicyclic) bond motifs is 7. The van der Waals surface area contributed by atoms with E-state index in [1.54, 1.807) is 0 Å². The van der Waals surface area contributed by atoms with E-state index >= 15 is 0 Å². The molecule has 28 heavy (non-hydrogen) atoms. The van der Waals surface area contributed by atoms with Gasteiger partial charge in [-0.3, -0.25) is 9.59 Å². The minimum absolute atomic E-state index is 0.0191. The second-order valence-corrected chi connectivity index (χ2v) is 11.6. The maximum atomic E-state index is 13.7. The number of Topliss-reactive ketones (excluding diaryl/α,β-unsaturated/α-hetero) is 2. The molecule has 0 N–H and O–H groups in total. The van der Waals surface area contributed by atoms with E-state index < -0.39 is 5.79 Å². The number of hydrogen-bond donors (Lipinski definition) is 0. The fourth-order valence-electron chi connectivity index (χ4n) is 8.76. The standard InChI is InChI=1S/C24H36O4/c1-13-20-19(28-22(2,3)27-13)11-17-16-7-6-14-10-15(25)8-9-23(14,4)21(16)18(26)12-24(17,20)5/h13-14,16-17,19-21H,6-12H2,1-5H3/t13-,14-,16-,17-,19-,20-,21+,23-,24-/m0/s1. The van der Waals surface area contributed by atoms with E-state index in [4.69, 9.17) is 9.47 Å². The Balaban J connectivity index is 1.50. The Morgan fingerprint density at radius 2 is 1.75 bits per heavy atom. The molecule has 4 saturated carbocycles. The quantitative estimate of drug-likeness (QED) is 0.611. The van der Waals surface area contributed by atoms with Gasteiger partial charge in [0, 0.05) is 31.1 Å². The molecule has 5 rings (SSSR count). The van der Waals surface area contributed by atoms with Crippen molar-refractivity contribution in [2.75, 3.05) is 0 Å². The van der Waals surface area contributed by atoms with Crippen molar-refractivity contribution in [3.8, 4) is 0 Å². The van der Waals surface area contributed by atoms with Crippen LogP contribution in [0, 0.1) is 40.4 Å². The van der Waals surface area contributed by atoms with E-state index in [0.29, 0.717) is 54.5 Å². The van der Waals surface area contributed by atoms with Crippen LogP contribution < -0.4 is 0 Å². The summed E-state index contributed by atoms with van der Waals surface area (Å²) in [5.74, 6) is 2.15. The number of ketones is 2. The summed E-state index contributed by atoms with van der Waals surface area (Å²) >= 11 is 0. The third-order valence-electron chi connectivity index (χ3n) is 9.66. The highest BCUT2D eigenvalue weighted by Gasteiger charge is 2.67. The first-order valence-electron chi connectivity index (χ1n) is 11.5. The van der Waals surface area contributed by atoms with Crippen molar-refractivity contribution >= 4 is 11.6 Å². The van der Waals surface area contributed by atoms with Crippen LogP contribution in [0.15, 0.2) is 0 Å². The molecule has 156 valence electrons. The molecule has 5 fully saturated rings. The largest absolute Gasteiger partial charge is 0.347 e. The second kappa shape index (κ2) is 5.91. The van der Waals surface area contributed by atoms with Gasteiger partial charge in [0.2, 0.25) is 0 Å². The summed E-state index contributed by atoms with van der Waals surface area (Å²) in [6, 6.07) is 0. The lowest BCUT2D eigenvalue weighted by Gasteiger charge is -2.59. The van der Waals surface area contributed by atoms with Crippen LogP contribution in [0.4, 0.5) is 0 Å². The molecule has 1 aliphatic heterocycles. The molecular weight excluding hydrogens is 352 g/mol. The van der Waals surface area contributed by atoms with Crippen LogP contribution in [0.5, 0.6) is 0 Å². The molecule has 1 heterocycles. The summed E-state index contributed by atoms with van der Waals surface area (Å²) in [6.07, 6.45) is 6.51. The fraction of sp³-hybridized carbons (Fsp3) is 0.917. The summed E-state index contributed by atoms with van der Waals surface area (Å²) in [5.41, 5.74) is -0.00222. The summed E-state index contributed by atoms with van der Waals surface area (Å²) in [5, 5.41) is 0. The zero-order valence-electron chi connectivity index (χ0n) is 18.1. The Hall–Kier alpha value is -0.740. The molecule has 0 aromatic heterocycles. The van der Waals surface area contributed by atoms with Crippen LogP contribution in [-0.4, -0.2) is 29.6 Å². The number of ether oxygens (including phenoxy) is 2. The van der Waals surface area contributed by atoms with Crippen LogP contribution in [-0.2, 0) is 19.1 Å². The van der Waals surface area contributed by atoms with Crippen molar-refractivity contribution in [2.45, 2.75) is 97.6 Å². The molecule has 0 aromatic carbocycles. The summed E-state index contributed by atoms with van der Waals surface area (Å²) in [6.45, 7) is 10.9.